The second-order valence-electron chi connectivity index (χ2n) is 7.57. The molecule has 0 aromatic heterocycles. The average molecular weight is 463 g/mol. The molecule has 0 unspecified atom stereocenters. The van der Waals surface area contributed by atoms with Gasteiger partial charge in [0.25, 0.3) is 0 Å². The lowest BCUT2D eigenvalue weighted by molar-refractivity contribution is -0.139. The van der Waals surface area contributed by atoms with Gasteiger partial charge >= 0.3 is 0 Å². The van der Waals surface area contributed by atoms with Crippen LogP contribution in [0.4, 0.5) is 0 Å². The van der Waals surface area contributed by atoms with Crippen LogP contribution in [0.3, 0.4) is 0 Å². The van der Waals surface area contributed by atoms with Crippen LogP contribution in [0.15, 0.2) is 89.8 Å². The fourth-order valence-electron chi connectivity index (χ4n) is 3.56. The van der Waals surface area contributed by atoms with Crippen LogP contribution in [-0.4, -0.2) is 42.2 Å². The largest absolute Gasteiger partial charge is 0.497 e. The van der Waals surface area contributed by atoms with Gasteiger partial charge in [-0.3, -0.25) is 9.59 Å². The number of nitrogens with zero attached hydrogens (tertiary/aromatic N) is 1. The Morgan fingerprint density at radius 2 is 1.61 bits per heavy atom. The van der Waals surface area contributed by atoms with Gasteiger partial charge in [0.15, 0.2) is 0 Å². The predicted molar refractivity (Wildman–Crippen MR) is 133 cm³/mol. The van der Waals surface area contributed by atoms with E-state index >= 15 is 0 Å². The molecule has 3 aromatic carbocycles. The van der Waals surface area contributed by atoms with E-state index < -0.39 is 6.04 Å². The number of nitrogens with one attached hydrogen (secondary N) is 1. The maximum atomic E-state index is 13.5. The Hall–Kier alpha value is -3.25. The summed E-state index contributed by atoms with van der Waals surface area (Å²) in [6.07, 6.45) is 0.443. The van der Waals surface area contributed by atoms with Crippen molar-refractivity contribution in [3.8, 4) is 5.75 Å². The van der Waals surface area contributed by atoms with Gasteiger partial charge in [0.1, 0.15) is 11.8 Å². The Morgan fingerprint density at radius 1 is 0.939 bits per heavy atom. The molecule has 172 valence electrons. The number of hydrogen-bond donors (Lipinski definition) is 1. The molecule has 0 aliphatic carbocycles. The van der Waals surface area contributed by atoms with E-state index in [1.165, 1.54) is 11.8 Å². The molecule has 3 rings (SSSR count). The van der Waals surface area contributed by atoms with Gasteiger partial charge in [0.05, 0.1) is 12.9 Å². The molecule has 0 heterocycles. The maximum Gasteiger partial charge on any atom is 0.243 e. The van der Waals surface area contributed by atoms with Gasteiger partial charge in [-0.05, 0) is 42.3 Å². The zero-order valence-corrected chi connectivity index (χ0v) is 19.9. The first-order chi connectivity index (χ1) is 16.1. The molecule has 6 heteroatoms. The van der Waals surface area contributed by atoms with Crippen LogP contribution in [-0.2, 0) is 22.6 Å². The number of rotatable bonds is 11. The summed E-state index contributed by atoms with van der Waals surface area (Å²) in [5, 5.41) is 2.92. The average Bonchev–Trinajstić information content (AvgIpc) is 2.86. The van der Waals surface area contributed by atoms with Crippen molar-refractivity contribution in [1.29, 1.82) is 0 Å². The minimum absolute atomic E-state index is 0.0844. The summed E-state index contributed by atoms with van der Waals surface area (Å²) in [6.45, 7) is 2.71. The highest BCUT2D eigenvalue weighted by molar-refractivity contribution is 8.00. The van der Waals surface area contributed by atoms with E-state index in [0.717, 1.165) is 21.8 Å². The number of hydrogen-bond acceptors (Lipinski definition) is 4. The van der Waals surface area contributed by atoms with Crippen LogP contribution in [0.1, 0.15) is 18.1 Å². The Balaban J connectivity index is 1.89. The molecule has 0 aliphatic heterocycles. The molecule has 5 nitrogen and oxygen atoms in total. The topological polar surface area (TPSA) is 58.6 Å². The number of ether oxygens (including phenoxy) is 1. The minimum Gasteiger partial charge on any atom is -0.497 e. The predicted octanol–water partition coefficient (Wildman–Crippen LogP) is 4.56. The van der Waals surface area contributed by atoms with Crippen molar-refractivity contribution < 1.29 is 14.3 Å². The lowest BCUT2D eigenvalue weighted by atomic mass is 10.0. The van der Waals surface area contributed by atoms with Gasteiger partial charge in [-0.25, -0.2) is 0 Å². The maximum absolute atomic E-state index is 13.5. The second-order valence-corrected chi connectivity index (χ2v) is 8.62. The molecule has 3 aromatic rings. The standard InChI is InChI=1S/C27H30N2O3S/c1-3-28-27(31)25(18-21-11-6-4-7-12-21)29(19-22-13-10-14-23(17-22)32-2)26(30)20-33-24-15-8-5-9-16-24/h4-17,25H,3,18-20H2,1-2H3,(H,28,31)/t25-/m0/s1. The molecule has 0 spiro atoms. The van der Waals surface area contributed by atoms with E-state index in [1.807, 2.05) is 91.9 Å². The Kier molecular flexibility index (Phi) is 9.39. The first kappa shape index (κ1) is 24.4. The summed E-state index contributed by atoms with van der Waals surface area (Å²) in [5.74, 6) is 0.732. The SMILES string of the molecule is CCNC(=O)[C@H](Cc1ccccc1)N(Cc1cccc(OC)c1)C(=O)CSc1ccccc1. The summed E-state index contributed by atoms with van der Waals surface area (Å²) in [7, 11) is 1.62. The third-order valence-electron chi connectivity index (χ3n) is 5.21. The van der Waals surface area contributed by atoms with Gasteiger partial charge in [-0.1, -0.05) is 60.7 Å². The molecule has 33 heavy (non-hydrogen) atoms. The van der Waals surface area contributed by atoms with E-state index in [2.05, 4.69) is 5.32 Å². The number of likely N-dealkylation sites (N-methyl/N-ethyl adjacent to an activating group) is 1. The number of carbonyl (C=O) groups is 2. The fraction of sp³-hybridized carbons (Fsp3) is 0.259. The molecular formula is C27H30N2O3S. The molecule has 0 saturated carbocycles. The van der Waals surface area contributed by atoms with Crippen molar-refractivity contribution in [3.05, 3.63) is 96.1 Å². The monoisotopic (exact) mass is 462 g/mol. The van der Waals surface area contributed by atoms with Crippen molar-refractivity contribution in [3.63, 3.8) is 0 Å². The Bertz CT molecular complexity index is 1030. The molecule has 0 bridgehead atoms. The highest BCUT2D eigenvalue weighted by atomic mass is 32.2. The minimum atomic E-state index is -0.623. The normalized spacial score (nSPS) is 11.5. The van der Waals surface area contributed by atoms with Gasteiger partial charge in [-0.2, -0.15) is 0 Å². The fourth-order valence-corrected chi connectivity index (χ4v) is 4.36. The van der Waals surface area contributed by atoms with Crippen LogP contribution in [0, 0.1) is 0 Å². The van der Waals surface area contributed by atoms with Crippen LogP contribution < -0.4 is 10.1 Å². The van der Waals surface area contributed by atoms with Gasteiger partial charge < -0.3 is 15.0 Å². The smallest absolute Gasteiger partial charge is 0.243 e. The molecule has 0 fully saturated rings. The van der Waals surface area contributed by atoms with Crippen LogP contribution >= 0.6 is 11.8 Å². The van der Waals surface area contributed by atoms with Crippen molar-refractivity contribution in [1.82, 2.24) is 10.2 Å². The number of benzene rings is 3. The Labute approximate surface area is 200 Å². The highest BCUT2D eigenvalue weighted by Crippen LogP contribution is 2.22. The van der Waals surface area contributed by atoms with E-state index in [1.54, 1.807) is 12.0 Å². The number of amides is 2. The summed E-state index contributed by atoms with van der Waals surface area (Å²) >= 11 is 1.48. The molecule has 2 amide bonds. The van der Waals surface area contributed by atoms with Crippen molar-refractivity contribution >= 4 is 23.6 Å². The zero-order valence-electron chi connectivity index (χ0n) is 19.1. The van der Waals surface area contributed by atoms with Crippen LogP contribution in [0.5, 0.6) is 5.75 Å². The molecule has 0 radical (unpaired) electrons. The van der Waals surface area contributed by atoms with E-state index in [0.29, 0.717) is 19.5 Å². The van der Waals surface area contributed by atoms with Gasteiger partial charge in [0.2, 0.25) is 11.8 Å². The van der Waals surface area contributed by atoms with Crippen LogP contribution in [0.25, 0.3) is 0 Å². The molecule has 1 N–H and O–H groups in total. The lowest BCUT2D eigenvalue weighted by Crippen LogP contribution is -2.51. The van der Waals surface area contributed by atoms with Gasteiger partial charge in [-0.15, -0.1) is 11.8 Å². The first-order valence-corrected chi connectivity index (χ1v) is 12.0. The third-order valence-corrected chi connectivity index (χ3v) is 6.21. The zero-order chi connectivity index (χ0) is 23.5. The molecule has 1 atom stereocenters. The number of thioether (sulfide) groups is 1. The summed E-state index contributed by atoms with van der Waals surface area (Å²) in [5.41, 5.74) is 1.92. The summed E-state index contributed by atoms with van der Waals surface area (Å²) in [6, 6.07) is 26.6. The number of carbonyl (C=O) groups excluding carboxylic acids is 2. The van der Waals surface area contributed by atoms with Gasteiger partial charge in [0, 0.05) is 24.4 Å². The second kappa shape index (κ2) is 12.7. The highest BCUT2D eigenvalue weighted by Gasteiger charge is 2.30. The van der Waals surface area contributed by atoms with E-state index in [4.69, 9.17) is 4.74 Å². The van der Waals surface area contributed by atoms with E-state index in [9.17, 15) is 9.59 Å². The summed E-state index contributed by atoms with van der Waals surface area (Å²) in [4.78, 5) is 29.4. The lowest BCUT2D eigenvalue weighted by Gasteiger charge is -2.31. The third kappa shape index (κ3) is 7.39. The first-order valence-electron chi connectivity index (χ1n) is 11.0. The molecule has 0 saturated heterocycles. The molecular weight excluding hydrogens is 432 g/mol. The van der Waals surface area contributed by atoms with Crippen molar-refractivity contribution in [2.24, 2.45) is 0 Å². The van der Waals surface area contributed by atoms with Crippen molar-refractivity contribution in [2.45, 2.75) is 30.8 Å². The Morgan fingerprint density at radius 3 is 2.27 bits per heavy atom. The molecule has 0 aliphatic rings. The van der Waals surface area contributed by atoms with E-state index in [-0.39, 0.29) is 17.6 Å². The summed E-state index contributed by atoms with van der Waals surface area (Å²) < 4.78 is 5.36. The van der Waals surface area contributed by atoms with Crippen molar-refractivity contribution in [2.75, 3.05) is 19.4 Å². The quantitative estimate of drug-likeness (QED) is 0.424. The van der Waals surface area contributed by atoms with Crippen LogP contribution in [0.2, 0.25) is 0 Å². The number of methoxy groups -OCH3 is 1.